The molecule has 1 unspecified atom stereocenters. The van der Waals surface area contributed by atoms with E-state index in [9.17, 15) is 22.8 Å². The van der Waals surface area contributed by atoms with Gasteiger partial charge in [-0.05, 0) is 0 Å². The molecule has 0 bridgehead atoms. The predicted octanol–water partition coefficient (Wildman–Crippen LogP) is 0.396. The number of hydrogen-bond donors (Lipinski definition) is 1. The van der Waals surface area contributed by atoms with Crippen molar-refractivity contribution in [2.45, 2.75) is 25.1 Å². The second kappa shape index (κ2) is 2.76. The normalized spacial score (nSPS) is 25.4. The fraction of sp³-hybridized carbons (Fsp3) is 0.667. The third kappa shape index (κ3) is 1.96. The summed E-state index contributed by atoms with van der Waals surface area (Å²) in [5, 5.41) is 1.70. The number of amides is 1. The number of carbonyl (C=O) groups is 2. The molecule has 0 aromatic rings. The molecular formula is C6H6F3NO2. The fourth-order valence-electron chi connectivity index (χ4n) is 0.973. The van der Waals surface area contributed by atoms with Crippen LogP contribution in [0.1, 0.15) is 12.8 Å². The van der Waals surface area contributed by atoms with Gasteiger partial charge in [0.1, 0.15) is 11.8 Å². The molecule has 0 aliphatic carbocycles. The molecular weight excluding hydrogens is 175 g/mol. The summed E-state index contributed by atoms with van der Waals surface area (Å²) in [7, 11) is 0. The third-order valence-electron chi connectivity index (χ3n) is 1.52. The highest BCUT2D eigenvalue weighted by atomic mass is 19.4. The lowest BCUT2D eigenvalue weighted by Gasteiger charge is -2.24. The van der Waals surface area contributed by atoms with Crippen LogP contribution in [-0.2, 0) is 9.59 Å². The van der Waals surface area contributed by atoms with Crippen molar-refractivity contribution in [2.24, 2.45) is 0 Å². The summed E-state index contributed by atoms with van der Waals surface area (Å²) < 4.78 is 35.8. The van der Waals surface area contributed by atoms with Crippen molar-refractivity contribution in [3.05, 3.63) is 0 Å². The number of ketones is 1. The average Bonchev–Trinajstić information content (AvgIpc) is 1.82. The Kier molecular flexibility index (Phi) is 2.08. The van der Waals surface area contributed by atoms with E-state index < -0.39 is 36.8 Å². The van der Waals surface area contributed by atoms with E-state index in [1.165, 1.54) is 0 Å². The monoisotopic (exact) mass is 181 g/mol. The van der Waals surface area contributed by atoms with Gasteiger partial charge in [-0.15, -0.1) is 0 Å². The van der Waals surface area contributed by atoms with Gasteiger partial charge in [-0.25, -0.2) is 0 Å². The highest BCUT2D eigenvalue weighted by Gasteiger charge is 2.44. The highest BCUT2D eigenvalue weighted by molar-refractivity contribution is 6.00. The molecule has 0 spiro atoms. The fourth-order valence-corrected chi connectivity index (χ4v) is 0.973. The molecule has 1 aliphatic rings. The second-order valence-corrected chi connectivity index (χ2v) is 2.58. The largest absolute Gasteiger partial charge is 0.409 e. The molecule has 1 atom stereocenters. The number of hydrogen-bond acceptors (Lipinski definition) is 2. The molecule has 3 nitrogen and oxygen atoms in total. The molecule has 1 aliphatic heterocycles. The topological polar surface area (TPSA) is 46.2 Å². The zero-order valence-electron chi connectivity index (χ0n) is 5.94. The average molecular weight is 181 g/mol. The lowest BCUT2D eigenvalue weighted by molar-refractivity contribution is -0.170. The Morgan fingerprint density at radius 3 is 2.33 bits per heavy atom. The first kappa shape index (κ1) is 9.02. The van der Waals surface area contributed by atoms with Crippen LogP contribution < -0.4 is 5.32 Å². The minimum Gasteiger partial charge on any atom is -0.344 e. The van der Waals surface area contributed by atoms with Crippen molar-refractivity contribution in [2.75, 3.05) is 0 Å². The van der Waals surface area contributed by atoms with E-state index in [0.29, 0.717) is 0 Å². The minimum atomic E-state index is -4.52. The van der Waals surface area contributed by atoms with Crippen LogP contribution in [0.15, 0.2) is 0 Å². The number of carbonyl (C=O) groups excluding carboxylic acids is 2. The van der Waals surface area contributed by atoms with Gasteiger partial charge in [0.25, 0.3) is 0 Å². The molecule has 1 rings (SSSR count). The number of piperidine rings is 1. The van der Waals surface area contributed by atoms with E-state index >= 15 is 0 Å². The molecule has 0 aromatic heterocycles. The lowest BCUT2D eigenvalue weighted by atomic mass is 10.0. The maximum atomic E-state index is 11.9. The van der Waals surface area contributed by atoms with Gasteiger partial charge in [-0.2, -0.15) is 13.2 Å². The third-order valence-corrected chi connectivity index (χ3v) is 1.52. The second-order valence-electron chi connectivity index (χ2n) is 2.58. The van der Waals surface area contributed by atoms with Crippen LogP contribution in [0.4, 0.5) is 13.2 Å². The molecule has 1 N–H and O–H groups in total. The Hall–Kier alpha value is -1.07. The van der Waals surface area contributed by atoms with Crippen LogP contribution in [0.2, 0.25) is 0 Å². The van der Waals surface area contributed by atoms with E-state index in [2.05, 4.69) is 0 Å². The van der Waals surface area contributed by atoms with Crippen LogP contribution in [0, 0.1) is 0 Å². The zero-order chi connectivity index (χ0) is 9.35. The standard InChI is InChI=1S/C6H6F3NO2/c7-6(8,9)4-1-3(11)2-5(12)10-4/h4H,1-2H2,(H,10,12). The van der Waals surface area contributed by atoms with Crippen LogP contribution in [0.25, 0.3) is 0 Å². The number of rotatable bonds is 0. The molecule has 6 heteroatoms. The SMILES string of the molecule is O=C1CC(=O)NC(C(F)(F)F)C1. The highest BCUT2D eigenvalue weighted by Crippen LogP contribution is 2.24. The van der Waals surface area contributed by atoms with Crippen molar-refractivity contribution in [1.82, 2.24) is 5.32 Å². The van der Waals surface area contributed by atoms with Crippen LogP contribution >= 0.6 is 0 Å². The smallest absolute Gasteiger partial charge is 0.344 e. The quantitative estimate of drug-likeness (QED) is 0.549. The summed E-state index contributed by atoms with van der Waals surface area (Å²) in [5.41, 5.74) is 0. The van der Waals surface area contributed by atoms with Gasteiger partial charge in [0.15, 0.2) is 0 Å². The lowest BCUT2D eigenvalue weighted by Crippen LogP contribution is -2.50. The van der Waals surface area contributed by atoms with E-state index in [1.54, 1.807) is 5.32 Å². The van der Waals surface area contributed by atoms with Crippen molar-refractivity contribution in [3.8, 4) is 0 Å². The molecule has 0 aromatic carbocycles. The summed E-state index contributed by atoms with van der Waals surface area (Å²) >= 11 is 0. The summed E-state index contributed by atoms with van der Waals surface area (Å²) in [6.45, 7) is 0. The maximum Gasteiger partial charge on any atom is 0.409 e. The van der Waals surface area contributed by atoms with Crippen LogP contribution in [0.5, 0.6) is 0 Å². The van der Waals surface area contributed by atoms with E-state index in [1.807, 2.05) is 0 Å². The van der Waals surface area contributed by atoms with Crippen molar-refractivity contribution < 1.29 is 22.8 Å². The summed E-state index contributed by atoms with van der Waals surface area (Å²) in [4.78, 5) is 21.1. The summed E-state index contributed by atoms with van der Waals surface area (Å²) in [6.07, 6.45) is -5.60. The summed E-state index contributed by atoms with van der Waals surface area (Å²) in [5.74, 6) is -1.52. The van der Waals surface area contributed by atoms with Gasteiger partial charge in [-0.1, -0.05) is 0 Å². The number of alkyl halides is 3. The summed E-state index contributed by atoms with van der Waals surface area (Å²) in [6, 6.07) is -1.99. The molecule has 0 saturated carbocycles. The Labute approximate surface area is 65.9 Å². The molecule has 1 amide bonds. The first-order valence-electron chi connectivity index (χ1n) is 3.27. The van der Waals surface area contributed by atoms with E-state index in [0.717, 1.165) is 0 Å². The van der Waals surface area contributed by atoms with Crippen molar-refractivity contribution in [3.63, 3.8) is 0 Å². The first-order valence-corrected chi connectivity index (χ1v) is 3.27. The Morgan fingerprint density at radius 1 is 1.33 bits per heavy atom. The van der Waals surface area contributed by atoms with Gasteiger partial charge < -0.3 is 5.32 Å². The predicted molar refractivity (Wildman–Crippen MR) is 32.2 cm³/mol. The molecule has 12 heavy (non-hydrogen) atoms. The van der Waals surface area contributed by atoms with Gasteiger partial charge >= 0.3 is 6.18 Å². The molecule has 0 radical (unpaired) electrons. The van der Waals surface area contributed by atoms with Gasteiger partial charge in [-0.3, -0.25) is 9.59 Å². The van der Waals surface area contributed by atoms with Gasteiger partial charge in [0.2, 0.25) is 5.91 Å². The molecule has 1 fully saturated rings. The Morgan fingerprint density at radius 2 is 1.92 bits per heavy atom. The molecule has 1 saturated heterocycles. The van der Waals surface area contributed by atoms with Crippen LogP contribution in [-0.4, -0.2) is 23.9 Å². The van der Waals surface area contributed by atoms with E-state index in [-0.39, 0.29) is 0 Å². The van der Waals surface area contributed by atoms with Gasteiger partial charge in [0, 0.05) is 6.42 Å². The first-order chi connectivity index (χ1) is 5.39. The number of Topliss-reactive ketones (excluding diaryl/α,β-unsaturated/α-hetero) is 1. The zero-order valence-corrected chi connectivity index (χ0v) is 5.94. The number of nitrogens with one attached hydrogen (secondary N) is 1. The van der Waals surface area contributed by atoms with Crippen LogP contribution in [0.3, 0.4) is 0 Å². The molecule has 68 valence electrons. The maximum absolute atomic E-state index is 11.9. The Balaban J connectivity index is 2.68. The van der Waals surface area contributed by atoms with Crippen molar-refractivity contribution in [1.29, 1.82) is 0 Å². The Bertz CT molecular complexity index is 207. The van der Waals surface area contributed by atoms with Crippen molar-refractivity contribution >= 4 is 11.7 Å². The van der Waals surface area contributed by atoms with Gasteiger partial charge in [0.05, 0.1) is 6.42 Å². The van der Waals surface area contributed by atoms with E-state index in [4.69, 9.17) is 0 Å². The molecule has 1 heterocycles. The number of halogens is 3. The minimum absolute atomic E-state index is 0.438.